The largest absolute Gasteiger partial charge is 0.486 e. The van der Waals surface area contributed by atoms with Crippen LogP contribution in [0.2, 0.25) is 0 Å². The molecule has 1 fully saturated rings. The van der Waals surface area contributed by atoms with Gasteiger partial charge >= 0.3 is 6.08 Å². The maximum Gasteiger partial charge on any atom is 0.312 e. The first kappa shape index (κ1) is 24.3. The van der Waals surface area contributed by atoms with Crippen molar-refractivity contribution in [2.75, 3.05) is 38.3 Å². The molecule has 10 nitrogen and oxygen atoms in total. The van der Waals surface area contributed by atoms with Crippen molar-refractivity contribution in [3.63, 3.8) is 0 Å². The van der Waals surface area contributed by atoms with E-state index in [9.17, 15) is 12.8 Å². The molecule has 0 aliphatic carbocycles. The summed E-state index contributed by atoms with van der Waals surface area (Å²) in [6.07, 6.45) is 8.77. The van der Waals surface area contributed by atoms with E-state index in [1.807, 2.05) is 10.6 Å². The second kappa shape index (κ2) is 9.55. The van der Waals surface area contributed by atoms with E-state index in [0.717, 1.165) is 18.4 Å². The highest BCUT2D eigenvalue weighted by Crippen LogP contribution is 2.34. The minimum absolute atomic E-state index is 0.0437. The molecule has 0 saturated carbocycles. The fraction of sp³-hybridized carbons (Fsp3) is 0.458. The molecule has 0 bridgehead atoms. The average molecular weight is 515 g/mol. The number of halogens is 1. The number of aromatic nitrogens is 4. The molecule has 0 amide bonds. The number of sulfonamides is 1. The highest BCUT2D eigenvalue weighted by molar-refractivity contribution is 7.88. The zero-order chi connectivity index (χ0) is 25.4. The number of aryl methyl sites for hydroxylation is 1. The van der Waals surface area contributed by atoms with Crippen molar-refractivity contribution in [2.24, 2.45) is 5.92 Å². The third-order valence-electron chi connectivity index (χ3n) is 6.66. The van der Waals surface area contributed by atoms with Gasteiger partial charge < -0.3 is 19.8 Å². The van der Waals surface area contributed by atoms with Crippen LogP contribution in [0.1, 0.15) is 36.2 Å². The summed E-state index contributed by atoms with van der Waals surface area (Å²) in [6.45, 7) is 2.34. The molecule has 190 valence electrons. The van der Waals surface area contributed by atoms with Gasteiger partial charge in [0.15, 0.2) is 28.5 Å². The van der Waals surface area contributed by atoms with Crippen LogP contribution >= 0.6 is 0 Å². The molecule has 1 saturated heterocycles. The van der Waals surface area contributed by atoms with Gasteiger partial charge in [-0.05, 0) is 42.9 Å². The molecule has 12 heteroatoms. The fourth-order valence-electron chi connectivity index (χ4n) is 4.87. The summed E-state index contributed by atoms with van der Waals surface area (Å²) in [6, 6.07) is 3.61. The van der Waals surface area contributed by atoms with Crippen LogP contribution < -0.4 is 15.2 Å². The van der Waals surface area contributed by atoms with Crippen LogP contribution in [0.15, 0.2) is 12.1 Å². The lowest BCUT2D eigenvalue weighted by atomic mass is 9.96. The van der Waals surface area contributed by atoms with Crippen LogP contribution in [-0.4, -0.2) is 64.8 Å². The van der Waals surface area contributed by atoms with E-state index in [-0.39, 0.29) is 11.7 Å². The normalized spacial score (nSPS) is 18.3. The number of terminal acetylenes is 1. The SMILES string of the molecule is C#Cc1cc2c(cc1Cc1nc3c(N)nc(F)nc3n1CCC1CCCN(S(C)(=O)=O)C1)OCCO2. The van der Waals surface area contributed by atoms with Gasteiger partial charge in [-0.1, -0.05) is 5.92 Å². The Bertz CT molecular complexity index is 1470. The van der Waals surface area contributed by atoms with Crippen molar-refractivity contribution in [3.05, 3.63) is 35.2 Å². The predicted molar refractivity (Wildman–Crippen MR) is 132 cm³/mol. The molecule has 0 radical (unpaired) electrons. The van der Waals surface area contributed by atoms with E-state index >= 15 is 0 Å². The van der Waals surface area contributed by atoms with Gasteiger partial charge in [-0.3, -0.25) is 0 Å². The Morgan fingerprint density at radius 3 is 2.69 bits per heavy atom. The predicted octanol–water partition coefficient (Wildman–Crippen LogP) is 1.95. The van der Waals surface area contributed by atoms with Crippen molar-refractivity contribution in [2.45, 2.75) is 32.2 Å². The van der Waals surface area contributed by atoms with Gasteiger partial charge in [-0.2, -0.15) is 14.4 Å². The molecule has 3 aromatic rings. The van der Waals surface area contributed by atoms with Crippen molar-refractivity contribution < 1.29 is 22.3 Å². The number of hydrogen-bond acceptors (Lipinski definition) is 8. The van der Waals surface area contributed by atoms with E-state index in [1.54, 1.807) is 6.07 Å². The van der Waals surface area contributed by atoms with Crippen LogP contribution in [0.4, 0.5) is 10.2 Å². The molecule has 4 heterocycles. The van der Waals surface area contributed by atoms with Crippen molar-refractivity contribution in [3.8, 4) is 23.8 Å². The lowest BCUT2D eigenvalue weighted by Gasteiger charge is -2.31. The summed E-state index contributed by atoms with van der Waals surface area (Å²) in [5.41, 5.74) is 8.02. The summed E-state index contributed by atoms with van der Waals surface area (Å²) >= 11 is 0. The van der Waals surface area contributed by atoms with E-state index in [0.29, 0.717) is 79.7 Å². The molecule has 2 N–H and O–H groups in total. The Balaban J connectivity index is 1.48. The van der Waals surface area contributed by atoms with Gasteiger partial charge in [0.1, 0.15) is 19.0 Å². The topological polar surface area (TPSA) is 125 Å². The number of rotatable bonds is 6. The number of anilines is 1. The van der Waals surface area contributed by atoms with Gasteiger partial charge in [-0.25, -0.2) is 17.7 Å². The lowest BCUT2D eigenvalue weighted by molar-refractivity contribution is 0.171. The zero-order valence-electron chi connectivity index (χ0n) is 19.9. The molecule has 0 spiro atoms. The number of ether oxygens (including phenoxy) is 2. The Morgan fingerprint density at radius 2 is 1.97 bits per heavy atom. The molecule has 1 aromatic carbocycles. The van der Waals surface area contributed by atoms with Crippen LogP contribution in [0.3, 0.4) is 0 Å². The monoisotopic (exact) mass is 514 g/mol. The molecule has 36 heavy (non-hydrogen) atoms. The van der Waals surface area contributed by atoms with Crippen LogP contribution in [-0.2, 0) is 23.0 Å². The maximum absolute atomic E-state index is 14.1. The first-order chi connectivity index (χ1) is 17.2. The number of imidazole rings is 1. The highest BCUT2D eigenvalue weighted by Gasteiger charge is 2.27. The number of piperidine rings is 1. The van der Waals surface area contributed by atoms with Crippen molar-refractivity contribution in [1.29, 1.82) is 0 Å². The van der Waals surface area contributed by atoms with Crippen LogP contribution in [0.25, 0.3) is 11.2 Å². The van der Waals surface area contributed by atoms with Crippen molar-refractivity contribution >= 4 is 27.0 Å². The Hall–Kier alpha value is -3.43. The van der Waals surface area contributed by atoms with E-state index in [2.05, 4.69) is 20.9 Å². The Kier molecular flexibility index (Phi) is 6.44. The smallest absolute Gasteiger partial charge is 0.312 e. The van der Waals surface area contributed by atoms with E-state index in [1.165, 1.54) is 10.6 Å². The Labute approximate surface area is 208 Å². The molecule has 1 unspecified atom stereocenters. The standard InChI is InChI=1S/C24H27FN6O4S/c1-3-16-11-18-19(35-10-9-34-18)12-17(16)13-20-27-21-22(26)28-24(25)29-23(21)31(20)8-6-15-5-4-7-30(14-15)36(2,32)33/h1,11-12,15H,4-10,13-14H2,2H3,(H2,26,28,29). The minimum Gasteiger partial charge on any atom is -0.486 e. The van der Waals surface area contributed by atoms with Crippen LogP contribution in [0, 0.1) is 24.3 Å². The number of nitrogens with zero attached hydrogens (tertiary/aromatic N) is 5. The summed E-state index contributed by atoms with van der Waals surface area (Å²) in [7, 11) is -3.25. The molecular weight excluding hydrogens is 487 g/mol. The van der Waals surface area contributed by atoms with Gasteiger partial charge in [0.05, 0.1) is 6.26 Å². The summed E-state index contributed by atoms with van der Waals surface area (Å²) in [5.74, 6) is 4.60. The highest BCUT2D eigenvalue weighted by atomic mass is 32.2. The second-order valence-electron chi connectivity index (χ2n) is 9.12. The third-order valence-corrected chi connectivity index (χ3v) is 7.93. The second-order valence-corrected chi connectivity index (χ2v) is 11.1. The lowest BCUT2D eigenvalue weighted by Crippen LogP contribution is -2.39. The number of nitrogen functional groups attached to an aromatic ring is 1. The molecule has 2 aliphatic rings. The molecule has 1 atom stereocenters. The fourth-order valence-corrected chi connectivity index (χ4v) is 5.81. The van der Waals surface area contributed by atoms with Crippen molar-refractivity contribution in [1.82, 2.24) is 23.8 Å². The first-order valence-electron chi connectivity index (χ1n) is 11.8. The van der Waals surface area contributed by atoms with E-state index in [4.69, 9.17) is 21.6 Å². The third kappa shape index (κ3) is 4.81. The number of benzene rings is 1. The van der Waals surface area contributed by atoms with Crippen LogP contribution in [0.5, 0.6) is 11.5 Å². The first-order valence-corrected chi connectivity index (χ1v) is 13.6. The average Bonchev–Trinajstić information content (AvgIpc) is 3.19. The van der Waals surface area contributed by atoms with Gasteiger partial charge in [0.25, 0.3) is 0 Å². The maximum atomic E-state index is 14.1. The summed E-state index contributed by atoms with van der Waals surface area (Å²) in [4.78, 5) is 12.3. The summed E-state index contributed by atoms with van der Waals surface area (Å²) in [5, 5.41) is 0. The molecule has 2 aromatic heterocycles. The van der Waals surface area contributed by atoms with Gasteiger partial charge in [0, 0.05) is 31.6 Å². The zero-order valence-corrected chi connectivity index (χ0v) is 20.7. The Morgan fingerprint density at radius 1 is 1.22 bits per heavy atom. The quantitative estimate of drug-likeness (QED) is 0.391. The van der Waals surface area contributed by atoms with Gasteiger partial charge in [0.2, 0.25) is 10.0 Å². The molecule has 5 rings (SSSR count). The summed E-state index contributed by atoms with van der Waals surface area (Å²) < 4.78 is 52.9. The molecule has 2 aliphatic heterocycles. The minimum atomic E-state index is -3.25. The number of hydrogen-bond donors (Lipinski definition) is 1. The van der Waals surface area contributed by atoms with Gasteiger partial charge in [-0.15, -0.1) is 6.42 Å². The van der Waals surface area contributed by atoms with E-state index < -0.39 is 16.1 Å². The number of nitrogens with two attached hydrogens (primary N) is 1. The number of fused-ring (bicyclic) bond motifs is 2. The molecular formula is C24H27FN6O4S.